The van der Waals surface area contributed by atoms with Crippen molar-refractivity contribution < 1.29 is 21.6 Å². The third-order valence-electron chi connectivity index (χ3n) is 3.04. The number of sulfonamides is 2. The zero-order valence-electron chi connectivity index (χ0n) is 12.4. The summed E-state index contributed by atoms with van der Waals surface area (Å²) in [5.74, 6) is -0.113. The number of benzene rings is 1. The van der Waals surface area contributed by atoms with Crippen LogP contribution < -0.4 is 14.2 Å². The van der Waals surface area contributed by atoms with Crippen LogP contribution in [-0.4, -0.2) is 43.3 Å². The molecule has 1 aromatic carbocycles. The predicted molar refractivity (Wildman–Crippen MR) is 80.5 cm³/mol. The molecule has 21 heavy (non-hydrogen) atoms. The van der Waals surface area contributed by atoms with Gasteiger partial charge in [-0.15, -0.1) is 0 Å². The zero-order valence-corrected chi connectivity index (χ0v) is 14.1. The van der Waals surface area contributed by atoms with E-state index >= 15 is 0 Å². The molecular weight excluding hydrogens is 316 g/mol. The Bertz CT molecular complexity index is 711. The molecule has 0 atom stereocenters. The molecule has 9 heteroatoms. The van der Waals surface area contributed by atoms with Crippen molar-refractivity contribution in [2.45, 2.75) is 18.7 Å². The van der Waals surface area contributed by atoms with Crippen molar-refractivity contribution in [1.82, 2.24) is 9.44 Å². The lowest BCUT2D eigenvalue weighted by atomic mass is 10.1. The van der Waals surface area contributed by atoms with Gasteiger partial charge in [0.05, 0.1) is 12.9 Å². The first-order chi connectivity index (χ1) is 9.63. The highest BCUT2D eigenvalue weighted by atomic mass is 32.2. The molecule has 0 saturated heterocycles. The summed E-state index contributed by atoms with van der Waals surface area (Å²) in [6.07, 6.45) is 0. The molecule has 0 radical (unpaired) electrons. The fourth-order valence-electron chi connectivity index (χ4n) is 1.62. The molecular formula is C12H20N2O5S2. The van der Waals surface area contributed by atoms with Crippen molar-refractivity contribution in [3.63, 3.8) is 0 Å². The summed E-state index contributed by atoms with van der Waals surface area (Å²) < 4.78 is 56.5. The predicted octanol–water partition coefficient (Wildman–Crippen LogP) is 0.140. The Labute approximate surface area is 125 Å². The van der Waals surface area contributed by atoms with E-state index in [2.05, 4.69) is 9.44 Å². The minimum atomic E-state index is -3.84. The van der Waals surface area contributed by atoms with Crippen molar-refractivity contribution in [3.05, 3.63) is 23.3 Å². The molecule has 0 aliphatic carbocycles. The molecule has 120 valence electrons. The Balaban J connectivity index is 3.01. The summed E-state index contributed by atoms with van der Waals surface area (Å²) in [4.78, 5) is -0.00467. The van der Waals surface area contributed by atoms with E-state index in [9.17, 15) is 16.8 Å². The average Bonchev–Trinajstić information content (AvgIpc) is 2.40. The van der Waals surface area contributed by atoms with Gasteiger partial charge in [0, 0.05) is 6.54 Å². The highest BCUT2D eigenvalue weighted by Gasteiger charge is 2.21. The van der Waals surface area contributed by atoms with Crippen LogP contribution >= 0.6 is 0 Å². The quantitative estimate of drug-likeness (QED) is 0.737. The number of ether oxygens (including phenoxy) is 1. The van der Waals surface area contributed by atoms with E-state index in [-0.39, 0.29) is 22.9 Å². The lowest BCUT2D eigenvalue weighted by Crippen LogP contribution is -2.33. The third-order valence-corrected chi connectivity index (χ3v) is 5.89. The van der Waals surface area contributed by atoms with Crippen molar-refractivity contribution in [2.24, 2.45) is 0 Å². The molecule has 0 aromatic heterocycles. The Hall–Kier alpha value is -1.16. The lowest BCUT2D eigenvalue weighted by Gasteiger charge is -2.13. The Kier molecular flexibility index (Phi) is 5.74. The maximum atomic E-state index is 12.2. The van der Waals surface area contributed by atoms with Gasteiger partial charge in [0.15, 0.2) is 0 Å². The first kappa shape index (κ1) is 17.9. The monoisotopic (exact) mass is 336 g/mol. The number of nitrogens with one attached hydrogen (secondary N) is 2. The molecule has 0 heterocycles. The van der Waals surface area contributed by atoms with Gasteiger partial charge in [-0.1, -0.05) is 0 Å². The van der Waals surface area contributed by atoms with Gasteiger partial charge in [0.2, 0.25) is 20.0 Å². The van der Waals surface area contributed by atoms with E-state index in [0.717, 1.165) is 11.1 Å². The van der Waals surface area contributed by atoms with Crippen LogP contribution in [0.15, 0.2) is 17.0 Å². The number of methoxy groups -OCH3 is 1. The van der Waals surface area contributed by atoms with Crippen molar-refractivity contribution in [2.75, 3.05) is 26.5 Å². The van der Waals surface area contributed by atoms with Crippen LogP contribution in [0.5, 0.6) is 5.75 Å². The second-order valence-electron chi connectivity index (χ2n) is 4.51. The van der Waals surface area contributed by atoms with Crippen LogP contribution in [0.3, 0.4) is 0 Å². The molecule has 0 unspecified atom stereocenters. The summed E-state index contributed by atoms with van der Waals surface area (Å²) in [6, 6.07) is 3.14. The SMILES string of the molecule is CNS(=O)(=O)CCNS(=O)(=O)c1cc(C)c(C)cc1OC. The summed E-state index contributed by atoms with van der Waals surface area (Å²) in [6.45, 7) is 3.42. The van der Waals surface area contributed by atoms with Crippen LogP contribution in [0.2, 0.25) is 0 Å². The van der Waals surface area contributed by atoms with Gasteiger partial charge < -0.3 is 4.74 Å². The van der Waals surface area contributed by atoms with E-state index in [0.29, 0.717) is 0 Å². The van der Waals surface area contributed by atoms with Crippen LogP contribution in [0.4, 0.5) is 0 Å². The average molecular weight is 336 g/mol. The van der Waals surface area contributed by atoms with Crippen LogP contribution in [0.25, 0.3) is 0 Å². The third kappa shape index (κ3) is 4.67. The van der Waals surface area contributed by atoms with Gasteiger partial charge in [-0.2, -0.15) is 0 Å². The molecule has 0 bridgehead atoms. The first-order valence-corrected chi connectivity index (χ1v) is 9.32. The highest BCUT2D eigenvalue weighted by Crippen LogP contribution is 2.26. The van der Waals surface area contributed by atoms with E-state index in [1.807, 2.05) is 6.92 Å². The largest absolute Gasteiger partial charge is 0.495 e. The Morgan fingerprint density at radius 2 is 1.67 bits per heavy atom. The maximum Gasteiger partial charge on any atom is 0.244 e. The van der Waals surface area contributed by atoms with Crippen molar-refractivity contribution in [1.29, 1.82) is 0 Å². The molecule has 7 nitrogen and oxygen atoms in total. The van der Waals surface area contributed by atoms with Gasteiger partial charge in [0.25, 0.3) is 0 Å². The van der Waals surface area contributed by atoms with E-state index in [1.165, 1.54) is 20.2 Å². The van der Waals surface area contributed by atoms with Gasteiger partial charge in [0.1, 0.15) is 10.6 Å². The van der Waals surface area contributed by atoms with Crippen LogP contribution in [0, 0.1) is 13.8 Å². The minimum absolute atomic E-state index is 0.00467. The summed E-state index contributed by atoms with van der Waals surface area (Å²) in [5, 5.41) is 0. The lowest BCUT2D eigenvalue weighted by molar-refractivity contribution is 0.402. The summed E-state index contributed by atoms with van der Waals surface area (Å²) in [7, 11) is -4.65. The number of aryl methyl sites for hydroxylation is 2. The van der Waals surface area contributed by atoms with Crippen LogP contribution in [0.1, 0.15) is 11.1 Å². The maximum absolute atomic E-state index is 12.2. The van der Waals surface area contributed by atoms with Crippen LogP contribution in [-0.2, 0) is 20.0 Å². The molecule has 2 N–H and O–H groups in total. The summed E-state index contributed by atoms with van der Waals surface area (Å²) in [5.41, 5.74) is 1.71. The minimum Gasteiger partial charge on any atom is -0.495 e. The van der Waals surface area contributed by atoms with Gasteiger partial charge in [-0.25, -0.2) is 26.3 Å². The van der Waals surface area contributed by atoms with Gasteiger partial charge in [-0.05, 0) is 44.2 Å². The molecule has 0 fully saturated rings. The van der Waals surface area contributed by atoms with E-state index < -0.39 is 20.0 Å². The zero-order chi connectivity index (χ0) is 16.3. The smallest absolute Gasteiger partial charge is 0.244 e. The fourth-order valence-corrected chi connectivity index (χ4v) is 3.59. The molecule has 1 rings (SSSR count). The number of hydrogen-bond donors (Lipinski definition) is 2. The standard InChI is InChI=1S/C12H20N2O5S2/c1-9-7-11(19-4)12(8-10(9)2)21(17,18)14-5-6-20(15,16)13-3/h7-8,13-14H,5-6H2,1-4H3. The normalized spacial score (nSPS) is 12.4. The second-order valence-corrected chi connectivity index (χ2v) is 8.29. The number of hydrogen-bond acceptors (Lipinski definition) is 5. The number of rotatable bonds is 7. The van der Waals surface area contributed by atoms with Crippen molar-refractivity contribution >= 4 is 20.0 Å². The molecule has 0 aliphatic rings. The molecule has 0 saturated carbocycles. The molecule has 0 spiro atoms. The van der Waals surface area contributed by atoms with Crippen molar-refractivity contribution in [3.8, 4) is 5.75 Å². The van der Waals surface area contributed by atoms with E-state index in [1.54, 1.807) is 13.0 Å². The highest BCUT2D eigenvalue weighted by molar-refractivity contribution is 7.90. The van der Waals surface area contributed by atoms with E-state index in [4.69, 9.17) is 4.74 Å². The second kappa shape index (κ2) is 6.73. The molecule has 1 aromatic rings. The Morgan fingerprint density at radius 1 is 1.10 bits per heavy atom. The van der Waals surface area contributed by atoms with Gasteiger partial charge in [-0.3, -0.25) is 0 Å². The molecule has 0 amide bonds. The fraction of sp³-hybridized carbons (Fsp3) is 0.500. The topological polar surface area (TPSA) is 102 Å². The summed E-state index contributed by atoms with van der Waals surface area (Å²) >= 11 is 0. The Morgan fingerprint density at radius 3 is 2.19 bits per heavy atom. The first-order valence-electron chi connectivity index (χ1n) is 6.19. The van der Waals surface area contributed by atoms with Gasteiger partial charge >= 0.3 is 0 Å². The molecule has 0 aliphatic heterocycles.